The zero-order valence-electron chi connectivity index (χ0n) is 11.7. The van der Waals surface area contributed by atoms with Gasteiger partial charge in [0.2, 0.25) is 5.91 Å². The summed E-state index contributed by atoms with van der Waals surface area (Å²) >= 11 is 0. The summed E-state index contributed by atoms with van der Waals surface area (Å²) in [5.74, 6) is 0.409. The van der Waals surface area contributed by atoms with Crippen molar-refractivity contribution in [2.24, 2.45) is 17.6 Å². The van der Waals surface area contributed by atoms with Crippen LogP contribution in [0.25, 0.3) is 0 Å². The lowest BCUT2D eigenvalue weighted by molar-refractivity contribution is -0.125. The van der Waals surface area contributed by atoms with Crippen LogP contribution >= 0.6 is 0 Å². The third-order valence-corrected chi connectivity index (χ3v) is 3.90. The van der Waals surface area contributed by atoms with E-state index in [1.807, 2.05) is 13.8 Å². The van der Waals surface area contributed by atoms with Crippen molar-refractivity contribution in [3.63, 3.8) is 0 Å². The van der Waals surface area contributed by atoms with Crippen LogP contribution in [0.5, 0.6) is 0 Å². The Bertz CT molecular complexity index is 256. The molecule has 4 unspecified atom stereocenters. The Balaban J connectivity index is 2.15. The molecular weight excluding hydrogens is 228 g/mol. The fraction of sp³-hybridized carbons (Fsp3) is 0.929. The molecule has 1 aliphatic carbocycles. The maximum atomic E-state index is 11.9. The summed E-state index contributed by atoms with van der Waals surface area (Å²) in [6, 6.07) is 0.217. The van der Waals surface area contributed by atoms with Crippen LogP contribution in [0.4, 0.5) is 0 Å². The molecular formula is C14H28N2O2. The number of aliphatic hydroxyl groups excluding tert-OH is 1. The highest BCUT2D eigenvalue weighted by atomic mass is 16.3. The predicted octanol–water partition coefficient (Wildman–Crippen LogP) is 1.42. The van der Waals surface area contributed by atoms with Crippen LogP contribution in [0.3, 0.4) is 0 Å². The Kier molecular flexibility index (Phi) is 6.65. The molecule has 1 amide bonds. The standard InChI is InChI=1S/C14H28N2O2/c1-10(5-3-6-11(2)15)14(18)16-9-12-7-4-8-13(12)17/h10-13,17H,3-9,15H2,1-2H3,(H,16,18). The smallest absolute Gasteiger partial charge is 0.222 e. The van der Waals surface area contributed by atoms with Gasteiger partial charge < -0.3 is 16.2 Å². The van der Waals surface area contributed by atoms with Crippen molar-refractivity contribution in [2.75, 3.05) is 6.54 Å². The lowest BCUT2D eigenvalue weighted by Crippen LogP contribution is -2.35. The van der Waals surface area contributed by atoms with Crippen LogP contribution in [0.15, 0.2) is 0 Å². The first-order chi connectivity index (χ1) is 8.50. The molecule has 1 saturated carbocycles. The minimum Gasteiger partial charge on any atom is -0.393 e. The van der Waals surface area contributed by atoms with E-state index in [0.717, 1.165) is 38.5 Å². The molecule has 0 spiro atoms. The van der Waals surface area contributed by atoms with E-state index < -0.39 is 0 Å². The van der Waals surface area contributed by atoms with Gasteiger partial charge >= 0.3 is 0 Å². The van der Waals surface area contributed by atoms with Crippen molar-refractivity contribution in [1.29, 1.82) is 0 Å². The van der Waals surface area contributed by atoms with E-state index >= 15 is 0 Å². The van der Waals surface area contributed by atoms with Gasteiger partial charge in [-0.2, -0.15) is 0 Å². The van der Waals surface area contributed by atoms with Gasteiger partial charge in [-0.3, -0.25) is 4.79 Å². The number of hydrogen-bond donors (Lipinski definition) is 3. The van der Waals surface area contributed by atoms with Crippen molar-refractivity contribution < 1.29 is 9.90 Å². The van der Waals surface area contributed by atoms with E-state index in [-0.39, 0.29) is 29.9 Å². The van der Waals surface area contributed by atoms with Crippen LogP contribution < -0.4 is 11.1 Å². The minimum atomic E-state index is -0.223. The lowest BCUT2D eigenvalue weighted by atomic mass is 10.0. The SMILES string of the molecule is CC(N)CCCC(C)C(=O)NCC1CCCC1O. The van der Waals surface area contributed by atoms with E-state index in [1.54, 1.807) is 0 Å². The summed E-state index contributed by atoms with van der Waals surface area (Å²) in [6.45, 7) is 4.57. The maximum absolute atomic E-state index is 11.9. The van der Waals surface area contributed by atoms with E-state index in [0.29, 0.717) is 6.54 Å². The number of carbonyl (C=O) groups excluding carboxylic acids is 1. The van der Waals surface area contributed by atoms with Crippen LogP contribution in [0, 0.1) is 11.8 Å². The predicted molar refractivity (Wildman–Crippen MR) is 73.0 cm³/mol. The summed E-state index contributed by atoms with van der Waals surface area (Å²) in [6.07, 6.45) is 5.62. The molecule has 4 heteroatoms. The van der Waals surface area contributed by atoms with Gasteiger partial charge in [0.25, 0.3) is 0 Å². The molecule has 4 N–H and O–H groups in total. The topological polar surface area (TPSA) is 75.4 Å². The molecule has 0 heterocycles. The average molecular weight is 256 g/mol. The van der Waals surface area contributed by atoms with Crippen molar-refractivity contribution in [3.8, 4) is 0 Å². The number of carbonyl (C=O) groups is 1. The quantitative estimate of drug-likeness (QED) is 0.645. The monoisotopic (exact) mass is 256 g/mol. The third-order valence-electron chi connectivity index (χ3n) is 3.90. The molecule has 1 aliphatic rings. The fourth-order valence-corrected chi connectivity index (χ4v) is 2.54. The maximum Gasteiger partial charge on any atom is 0.222 e. The number of nitrogens with two attached hydrogens (primary N) is 1. The average Bonchev–Trinajstić information content (AvgIpc) is 2.71. The lowest BCUT2D eigenvalue weighted by Gasteiger charge is -2.17. The van der Waals surface area contributed by atoms with Gasteiger partial charge in [-0.05, 0) is 32.6 Å². The molecule has 106 valence electrons. The molecule has 0 radical (unpaired) electrons. The van der Waals surface area contributed by atoms with Gasteiger partial charge in [0.15, 0.2) is 0 Å². The first-order valence-electron chi connectivity index (χ1n) is 7.22. The number of rotatable bonds is 7. The second-order valence-corrected chi connectivity index (χ2v) is 5.81. The highest BCUT2D eigenvalue weighted by molar-refractivity contribution is 5.78. The largest absolute Gasteiger partial charge is 0.393 e. The van der Waals surface area contributed by atoms with Gasteiger partial charge in [-0.25, -0.2) is 0 Å². The molecule has 0 aromatic rings. The van der Waals surface area contributed by atoms with Gasteiger partial charge in [-0.1, -0.05) is 19.8 Å². The van der Waals surface area contributed by atoms with Crippen molar-refractivity contribution in [3.05, 3.63) is 0 Å². The van der Waals surface area contributed by atoms with E-state index in [1.165, 1.54) is 0 Å². The summed E-state index contributed by atoms with van der Waals surface area (Å²) in [7, 11) is 0. The molecule has 0 aliphatic heterocycles. The first-order valence-corrected chi connectivity index (χ1v) is 7.22. The van der Waals surface area contributed by atoms with Gasteiger partial charge in [-0.15, -0.1) is 0 Å². The molecule has 18 heavy (non-hydrogen) atoms. The fourth-order valence-electron chi connectivity index (χ4n) is 2.54. The molecule has 4 atom stereocenters. The van der Waals surface area contributed by atoms with E-state index in [9.17, 15) is 9.90 Å². The Morgan fingerprint density at radius 2 is 2.11 bits per heavy atom. The van der Waals surface area contributed by atoms with Crippen LogP contribution in [0.1, 0.15) is 52.4 Å². The number of aliphatic hydroxyl groups is 1. The Morgan fingerprint density at radius 1 is 1.39 bits per heavy atom. The van der Waals surface area contributed by atoms with Crippen LogP contribution in [-0.4, -0.2) is 29.7 Å². The van der Waals surface area contributed by atoms with Crippen molar-refractivity contribution in [2.45, 2.75) is 64.5 Å². The third kappa shape index (κ3) is 5.36. The molecule has 4 nitrogen and oxygen atoms in total. The number of amides is 1. The summed E-state index contributed by atoms with van der Waals surface area (Å²) in [5, 5.41) is 12.6. The van der Waals surface area contributed by atoms with Gasteiger partial charge in [0.1, 0.15) is 0 Å². The molecule has 1 rings (SSSR count). The van der Waals surface area contributed by atoms with E-state index in [2.05, 4.69) is 5.32 Å². The van der Waals surface area contributed by atoms with Crippen LogP contribution in [-0.2, 0) is 4.79 Å². The Labute approximate surface area is 110 Å². The molecule has 0 aromatic heterocycles. The van der Waals surface area contributed by atoms with Crippen LogP contribution in [0.2, 0.25) is 0 Å². The zero-order valence-corrected chi connectivity index (χ0v) is 11.7. The molecule has 0 saturated heterocycles. The minimum absolute atomic E-state index is 0.0438. The van der Waals surface area contributed by atoms with E-state index in [4.69, 9.17) is 5.73 Å². The van der Waals surface area contributed by atoms with Crippen molar-refractivity contribution in [1.82, 2.24) is 5.32 Å². The van der Waals surface area contributed by atoms with Gasteiger partial charge in [0, 0.05) is 24.4 Å². The molecule has 0 bridgehead atoms. The number of nitrogens with one attached hydrogen (secondary N) is 1. The summed E-state index contributed by atoms with van der Waals surface area (Å²) < 4.78 is 0. The second-order valence-electron chi connectivity index (χ2n) is 5.81. The highest BCUT2D eigenvalue weighted by Gasteiger charge is 2.25. The Morgan fingerprint density at radius 3 is 2.67 bits per heavy atom. The summed E-state index contributed by atoms with van der Waals surface area (Å²) in [5.41, 5.74) is 5.68. The summed E-state index contributed by atoms with van der Waals surface area (Å²) in [4.78, 5) is 11.9. The molecule has 0 aromatic carbocycles. The molecule has 1 fully saturated rings. The second kappa shape index (κ2) is 7.74. The van der Waals surface area contributed by atoms with Gasteiger partial charge in [0.05, 0.1) is 6.10 Å². The normalized spacial score (nSPS) is 26.9. The highest BCUT2D eigenvalue weighted by Crippen LogP contribution is 2.24. The Hall–Kier alpha value is -0.610. The van der Waals surface area contributed by atoms with Crippen molar-refractivity contribution >= 4 is 5.91 Å². The zero-order chi connectivity index (χ0) is 13.5. The number of hydrogen-bond acceptors (Lipinski definition) is 3. The first kappa shape index (κ1) is 15.4.